The number of anilines is 1. The molecule has 0 saturated carbocycles. The number of amides is 1. The molecule has 1 amide bonds. The first-order valence-corrected chi connectivity index (χ1v) is 13.5. The number of nitrogens with zero attached hydrogens (tertiary/aromatic N) is 8. The van der Waals surface area contributed by atoms with E-state index >= 15 is 0 Å². The Bertz CT molecular complexity index is 1680. The van der Waals surface area contributed by atoms with Crippen LogP contribution in [0.15, 0.2) is 40.3 Å². The van der Waals surface area contributed by atoms with Crippen molar-refractivity contribution in [2.75, 3.05) is 51.2 Å². The fourth-order valence-corrected chi connectivity index (χ4v) is 5.53. The first-order chi connectivity index (χ1) is 19.3. The second-order valence-electron chi connectivity index (χ2n) is 10.5. The molecule has 0 bridgehead atoms. The highest BCUT2D eigenvalue weighted by atomic mass is 16.3. The first-order valence-electron chi connectivity index (χ1n) is 13.5. The maximum atomic E-state index is 13.2. The van der Waals surface area contributed by atoms with Crippen LogP contribution in [0.2, 0.25) is 0 Å². The summed E-state index contributed by atoms with van der Waals surface area (Å²) in [6, 6.07) is 3.36. The third kappa shape index (κ3) is 4.71. The lowest BCUT2D eigenvalue weighted by Crippen LogP contribution is -2.45. The van der Waals surface area contributed by atoms with Crippen LogP contribution in [0.1, 0.15) is 25.8 Å². The molecule has 208 valence electrons. The van der Waals surface area contributed by atoms with Gasteiger partial charge in [0.05, 0.1) is 22.1 Å². The highest BCUT2D eigenvalue weighted by Gasteiger charge is 2.28. The van der Waals surface area contributed by atoms with Gasteiger partial charge in [-0.3, -0.25) is 24.1 Å². The van der Waals surface area contributed by atoms with Gasteiger partial charge in [-0.15, -0.1) is 0 Å². The van der Waals surface area contributed by atoms with Gasteiger partial charge in [0.25, 0.3) is 11.5 Å². The zero-order chi connectivity index (χ0) is 28.0. The molecule has 2 aliphatic heterocycles. The molecule has 0 radical (unpaired) electrons. The SMILES string of the molecule is C[C@@H](O)C(=O)N1CCC(n2c(=O)[nH]c(=O)c3cnc4ccc(-c5cnc(N6CCN(C)CC6)nc5)nc4c32)CC1. The van der Waals surface area contributed by atoms with Crippen molar-refractivity contribution in [1.29, 1.82) is 0 Å². The van der Waals surface area contributed by atoms with Gasteiger partial charge in [0.15, 0.2) is 0 Å². The number of H-pyrrole nitrogens is 1. The summed E-state index contributed by atoms with van der Waals surface area (Å²) < 4.78 is 1.58. The molecule has 13 nitrogen and oxygen atoms in total. The third-order valence-electron chi connectivity index (χ3n) is 7.83. The monoisotopic (exact) mass is 545 g/mol. The Morgan fingerprint density at radius 1 is 1.00 bits per heavy atom. The maximum Gasteiger partial charge on any atom is 0.329 e. The molecule has 6 rings (SSSR count). The van der Waals surface area contributed by atoms with Crippen LogP contribution < -0.4 is 16.1 Å². The molecule has 1 atom stereocenters. The number of hydrogen-bond acceptors (Lipinski definition) is 10. The van der Waals surface area contributed by atoms with Gasteiger partial charge in [-0.1, -0.05) is 0 Å². The Hall–Kier alpha value is -4.23. The fraction of sp³-hybridized carbons (Fsp3) is 0.444. The summed E-state index contributed by atoms with van der Waals surface area (Å²) in [6.45, 7) is 5.85. The number of likely N-dealkylation sites (N-methyl/N-ethyl adjacent to an activating group) is 1. The standard InChI is InChI=1S/C27H31N9O4/c1-16(37)25(39)34-7-5-18(6-8-34)36-23-19(24(38)32-27(36)40)15-28-21-4-3-20(31-22(21)23)17-13-29-26(30-14-17)35-11-9-33(2)10-12-35/h3-4,13-16,18,37H,5-12H2,1-2H3,(H,32,38,40)/t16-/m1/s1. The summed E-state index contributed by atoms with van der Waals surface area (Å²) in [7, 11) is 2.10. The van der Waals surface area contributed by atoms with E-state index in [1.165, 1.54) is 13.1 Å². The number of nitrogens with one attached hydrogen (secondary N) is 1. The van der Waals surface area contributed by atoms with Crippen molar-refractivity contribution in [3.63, 3.8) is 0 Å². The molecule has 2 saturated heterocycles. The molecular formula is C27H31N9O4. The van der Waals surface area contributed by atoms with Crippen molar-refractivity contribution < 1.29 is 9.90 Å². The number of aromatic nitrogens is 6. The number of likely N-dealkylation sites (tertiary alicyclic amines) is 1. The number of aliphatic hydroxyl groups excluding tert-OH is 1. The van der Waals surface area contributed by atoms with E-state index in [1.807, 2.05) is 12.1 Å². The van der Waals surface area contributed by atoms with Crippen LogP contribution in [-0.2, 0) is 4.79 Å². The number of aliphatic hydroxyl groups is 1. The van der Waals surface area contributed by atoms with Gasteiger partial charge in [0.2, 0.25) is 5.95 Å². The summed E-state index contributed by atoms with van der Waals surface area (Å²) >= 11 is 0. The molecule has 0 aliphatic carbocycles. The van der Waals surface area contributed by atoms with Gasteiger partial charge >= 0.3 is 5.69 Å². The number of fused-ring (bicyclic) bond motifs is 3. The summed E-state index contributed by atoms with van der Waals surface area (Å²) in [5, 5.41) is 9.95. The summed E-state index contributed by atoms with van der Waals surface area (Å²) in [5.41, 5.74) is 1.65. The van der Waals surface area contributed by atoms with Gasteiger partial charge < -0.3 is 19.8 Å². The van der Waals surface area contributed by atoms with Crippen molar-refractivity contribution in [2.45, 2.75) is 31.9 Å². The van der Waals surface area contributed by atoms with Crippen molar-refractivity contribution in [3.05, 3.63) is 51.6 Å². The van der Waals surface area contributed by atoms with E-state index in [4.69, 9.17) is 4.98 Å². The summed E-state index contributed by atoms with van der Waals surface area (Å²) in [5.74, 6) is 0.337. The number of rotatable bonds is 4. The van der Waals surface area contributed by atoms with E-state index in [9.17, 15) is 19.5 Å². The van der Waals surface area contributed by atoms with E-state index in [0.29, 0.717) is 59.7 Å². The van der Waals surface area contributed by atoms with Gasteiger partial charge in [-0.25, -0.2) is 19.7 Å². The predicted molar refractivity (Wildman–Crippen MR) is 149 cm³/mol. The highest BCUT2D eigenvalue weighted by Crippen LogP contribution is 2.29. The molecule has 0 unspecified atom stereocenters. The van der Waals surface area contributed by atoms with E-state index in [1.54, 1.807) is 21.9 Å². The van der Waals surface area contributed by atoms with Crippen molar-refractivity contribution in [1.82, 2.24) is 39.3 Å². The second-order valence-corrected chi connectivity index (χ2v) is 10.5. The lowest BCUT2D eigenvalue weighted by atomic mass is 10.0. The topological polar surface area (TPSA) is 153 Å². The normalized spacial score (nSPS) is 18.0. The fourth-order valence-electron chi connectivity index (χ4n) is 5.53. The van der Waals surface area contributed by atoms with Gasteiger partial charge in [0, 0.05) is 69.5 Å². The Morgan fingerprint density at radius 3 is 2.38 bits per heavy atom. The van der Waals surface area contributed by atoms with E-state index < -0.39 is 17.4 Å². The molecule has 4 aromatic rings. The number of hydrogen-bond donors (Lipinski definition) is 2. The quantitative estimate of drug-likeness (QED) is 0.344. The van der Waals surface area contributed by atoms with Crippen LogP contribution in [-0.4, -0.2) is 103 Å². The van der Waals surface area contributed by atoms with Crippen LogP contribution >= 0.6 is 0 Å². The van der Waals surface area contributed by atoms with Crippen molar-refractivity contribution in [3.8, 4) is 11.3 Å². The average molecular weight is 546 g/mol. The van der Waals surface area contributed by atoms with Crippen LogP contribution in [0.4, 0.5) is 5.95 Å². The summed E-state index contributed by atoms with van der Waals surface area (Å²) in [6.07, 6.45) is 4.85. The smallest absolute Gasteiger partial charge is 0.329 e. The van der Waals surface area contributed by atoms with Crippen LogP contribution in [0.5, 0.6) is 0 Å². The lowest BCUT2D eigenvalue weighted by Gasteiger charge is -2.34. The zero-order valence-electron chi connectivity index (χ0n) is 22.4. The zero-order valence-corrected chi connectivity index (χ0v) is 22.4. The van der Waals surface area contributed by atoms with Gasteiger partial charge in [0.1, 0.15) is 11.6 Å². The Kier molecular flexibility index (Phi) is 6.76. The molecule has 2 N–H and O–H groups in total. The minimum Gasteiger partial charge on any atom is -0.384 e. The first kappa shape index (κ1) is 26.0. The largest absolute Gasteiger partial charge is 0.384 e. The van der Waals surface area contributed by atoms with Crippen LogP contribution in [0.3, 0.4) is 0 Å². The number of aromatic amines is 1. The minimum absolute atomic E-state index is 0.265. The number of carbonyl (C=O) groups excluding carboxylic acids is 1. The minimum atomic E-state index is -1.08. The molecule has 13 heteroatoms. The van der Waals surface area contributed by atoms with Crippen LogP contribution in [0, 0.1) is 0 Å². The molecule has 6 heterocycles. The molecule has 4 aromatic heterocycles. The second kappa shape index (κ2) is 10.4. The lowest BCUT2D eigenvalue weighted by molar-refractivity contribution is -0.140. The maximum absolute atomic E-state index is 13.2. The van der Waals surface area contributed by atoms with E-state index in [0.717, 1.165) is 26.2 Å². The number of piperazine rings is 1. The van der Waals surface area contributed by atoms with E-state index in [2.05, 4.69) is 36.8 Å². The van der Waals surface area contributed by atoms with Crippen molar-refractivity contribution in [2.24, 2.45) is 0 Å². The molecule has 0 spiro atoms. The molecule has 40 heavy (non-hydrogen) atoms. The predicted octanol–water partition coefficient (Wildman–Crippen LogP) is 0.386. The Balaban J connectivity index is 1.39. The summed E-state index contributed by atoms with van der Waals surface area (Å²) in [4.78, 5) is 65.2. The average Bonchev–Trinajstić information content (AvgIpc) is 2.97. The van der Waals surface area contributed by atoms with E-state index in [-0.39, 0.29) is 17.3 Å². The highest BCUT2D eigenvalue weighted by molar-refractivity contribution is 6.01. The third-order valence-corrected chi connectivity index (χ3v) is 7.83. The molecule has 0 aromatic carbocycles. The number of carbonyl (C=O) groups is 1. The molecule has 2 fully saturated rings. The van der Waals surface area contributed by atoms with Crippen molar-refractivity contribution >= 4 is 33.8 Å². The molecular weight excluding hydrogens is 514 g/mol. The van der Waals surface area contributed by atoms with Crippen LogP contribution in [0.25, 0.3) is 33.2 Å². The number of piperidine rings is 1. The number of pyridine rings is 2. The van der Waals surface area contributed by atoms with Gasteiger partial charge in [-0.05, 0) is 38.9 Å². The Labute approximate surface area is 229 Å². The van der Waals surface area contributed by atoms with Gasteiger partial charge in [-0.2, -0.15) is 0 Å². The Morgan fingerprint density at radius 2 is 1.70 bits per heavy atom. The molecule has 2 aliphatic rings.